The zero-order valence-electron chi connectivity index (χ0n) is 7.53. The number of rotatable bonds is 3. The van der Waals surface area contributed by atoms with Crippen molar-refractivity contribution in [2.24, 2.45) is 0 Å². The minimum Gasteiger partial charge on any atom is -0.497 e. The van der Waals surface area contributed by atoms with Crippen molar-refractivity contribution in [1.82, 2.24) is 0 Å². The molecule has 1 N–H and O–H groups in total. The van der Waals surface area contributed by atoms with Crippen molar-refractivity contribution in [2.45, 2.75) is 12.5 Å². The van der Waals surface area contributed by atoms with E-state index < -0.39 is 6.10 Å². The van der Waals surface area contributed by atoms with E-state index in [0.29, 0.717) is 6.42 Å². The van der Waals surface area contributed by atoms with Crippen molar-refractivity contribution < 1.29 is 9.84 Å². The highest BCUT2D eigenvalue weighted by molar-refractivity contribution is 5.30. The molecule has 1 aromatic carbocycles. The Bertz CT molecular complexity index is 312. The maximum absolute atomic E-state index is 9.54. The third-order valence-corrected chi connectivity index (χ3v) is 1.79. The Hall–Kier alpha value is -1.46. The second kappa shape index (κ2) is 4.54. The van der Waals surface area contributed by atoms with Gasteiger partial charge < -0.3 is 9.84 Å². The Morgan fingerprint density at radius 1 is 1.62 bits per heavy atom. The van der Waals surface area contributed by atoms with Crippen LogP contribution in [0.1, 0.15) is 18.1 Å². The Morgan fingerprint density at radius 3 is 3.00 bits per heavy atom. The summed E-state index contributed by atoms with van der Waals surface area (Å²) in [5.74, 6) is 3.14. The molecule has 0 saturated heterocycles. The van der Waals surface area contributed by atoms with Crippen molar-refractivity contribution in [3.05, 3.63) is 29.8 Å². The molecule has 0 aliphatic rings. The topological polar surface area (TPSA) is 29.5 Å². The first-order valence-corrected chi connectivity index (χ1v) is 4.03. The number of terminal acetylenes is 1. The van der Waals surface area contributed by atoms with Crippen LogP contribution in [0.5, 0.6) is 5.75 Å². The lowest BCUT2D eigenvalue weighted by Gasteiger charge is -2.08. The fourth-order valence-electron chi connectivity index (χ4n) is 1.08. The van der Waals surface area contributed by atoms with E-state index in [0.717, 1.165) is 11.3 Å². The summed E-state index contributed by atoms with van der Waals surface area (Å²) in [6, 6.07) is 7.26. The lowest BCUT2D eigenvalue weighted by molar-refractivity contribution is 0.183. The van der Waals surface area contributed by atoms with Gasteiger partial charge in [0.1, 0.15) is 5.75 Å². The van der Waals surface area contributed by atoms with Gasteiger partial charge >= 0.3 is 0 Å². The van der Waals surface area contributed by atoms with Gasteiger partial charge in [0.05, 0.1) is 13.2 Å². The van der Waals surface area contributed by atoms with E-state index in [9.17, 15) is 5.11 Å². The monoisotopic (exact) mass is 176 g/mol. The van der Waals surface area contributed by atoms with Crippen LogP contribution in [-0.2, 0) is 0 Å². The molecule has 1 unspecified atom stereocenters. The molecular formula is C11H12O2. The SMILES string of the molecule is C#CCC(O)c1cccc(OC)c1. The van der Waals surface area contributed by atoms with Gasteiger partial charge in [-0.05, 0) is 17.7 Å². The first-order valence-electron chi connectivity index (χ1n) is 4.03. The van der Waals surface area contributed by atoms with Crippen LogP contribution in [0.3, 0.4) is 0 Å². The standard InChI is InChI=1S/C11H12O2/c1-3-5-11(12)9-6-4-7-10(8-9)13-2/h1,4,6-8,11-12H,5H2,2H3. The molecule has 0 saturated carbocycles. The zero-order chi connectivity index (χ0) is 9.68. The quantitative estimate of drug-likeness (QED) is 0.711. The maximum atomic E-state index is 9.54. The molecule has 0 amide bonds. The predicted molar refractivity (Wildman–Crippen MR) is 51.4 cm³/mol. The number of aliphatic hydroxyl groups is 1. The maximum Gasteiger partial charge on any atom is 0.119 e. The van der Waals surface area contributed by atoms with Gasteiger partial charge in [0, 0.05) is 6.42 Å². The van der Waals surface area contributed by atoms with E-state index in [1.807, 2.05) is 18.2 Å². The van der Waals surface area contributed by atoms with Crippen molar-refractivity contribution in [2.75, 3.05) is 7.11 Å². The van der Waals surface area contributed by atoms with Gasteiger partial charge in [-0.15, -0.1) is 12.3 Å². The van der Waals surface area contributed by atoms with Gasteiger partial charge in [0.2, 0.25) is 0 Å². The van der Waals surface area contributed by atoms with E-state index >= 15 is 0 Å². The number of aliphatic hydroxyl groups excluding tert-OH is 1. The average Bonchev–Trinajstić information content (AvgIpc) is 2.18. The fraction of sp³-hybridized carbons (Fsp3) is 0.273. The molecule has 0 aliphatic carbocycles. The van der Waals surface area contributed by atoms with Gasteiger partial charge in [0.25, 0.3) is 0 Å². The van der Waals surface area contributed by atoms with Crippen LogP contribution in [0.4, 0.5) is 0 Å². The predicted octanol–water partition coefficient (Wildman–Crippen LogP) is 1.75. The molecule has 1 atom stereocenters. The van der Waals surface area contributed by atoms with E-state index in [-0.39, 0.29) is 0 Å². The molecule has 2 nitrogen and oxygen atoms in total. The van der Waals surface area contributed by atoms with Gasteiger partial charge in [-0.2, -0.15) is 0 Å². The second-order valence-electron chi connectivity index (χ2n) is 2.70. The first kappa shape index (κ1) is 9.63. The number of hydrogen-bond acceptors (Lipinski definition) is 2. The normalized spacial score (nSPS) is 11.8. The lowest BCUT2D eigenvalue weighted by Crippen LogP contribution is -1.96. The van der Waals surface area contributed by atoms with Crippen molar-refractivity contribution in [3.63, 3.8) is 0 Å². The van der Waals surface area contributed by atoms with Crippen molar-refractivity contribution in [3.8, 4) is 18.1 Å². The number of hydrogen-bond donors (Lipinski definition) is 1. The van der Waals surface area contributed by atoms with Gasteiger partial charge in [0.15, 0.2) is 0 Å². The van der Waals surface area contributed by atoms with Crippen LogP contribution in [0, 0.1) is 12.3 Å². The molecule has 1 aromatic rings. The highest BCUT2D eigenvalue weighted by atomic mass is 16.5. The van der Waals surface area contributed by atoms with Crippen LogP contribution >= 0.6 is 0 Å². The van der Waals surface area contributed by atoms with E-state index in [4.69, 9.17) is 11.2 Å². The fourth-order valence-corrected chi connectivity index (χ4v) is 1.08. The van der Waals surface area contributed by atoms with E-state index in [1.54, 1.807) is 13.2 Å². The summed E-state index contributed by atoms with van der Waals surface area (Å²) < 4.78 is 5.02. The zero-order valence-corrected chi connectivity index (χ0v) is 7.53. The smallest absolute Gasteiger partial charge is 0.119 e. The first-order chi connectivity index (χ1) is 6.27. The second-order valence-corrected chi connectivity index (χ2v) is 2.70. The molecule has 1 rings (SSSR count). The Balaban J connectivity index is 2.83. The summed E-state index contributed by atoms with van der Waals surface area (Å²) in [5, 5.41) is 9.54. The lowest BCUT2D eigenvalue weighted by atomic mass is 10.1. The van der Waals surface area contributed by atoms with Crippen molar-refractivity contribution in [1.29, 1.82) is 0 Å². The van der Waals surface area contributed by atoms with Crippen LogP contribution in [0.15, 0.2) is 24.3 Å². The van der Waals surface area contributed by atoms with Crippen LogP contribution < -0.4 is 4.74 Å². The van der Waals surface area contributed by atoms with Gasteiger partial charge in [-0.25, -0.2) is 0 Å². The summed E-state index contributed by atoms with van der Waals surface area (Å²) in [7, 11) is 1.59. The largest absolute Gasteiger partial charge is 0.497 e. The van der Waals surface area contributed by atoms with Crippen LogP contribution in [0.2, 0.25) is 0 Å². The Morgan fingerprint density at radius 2 is 2.38 bits per heavy atom. The van der Waals surface area contributed by atoms with Gasteiger partial charge in [-0.3, -0.25) is 0 Å². The Kier molecular flexibility index (Phi) is 3.36. The molecule has 13 heavy (non-hydrogen) atoms. The van der Waals surface area contributed by atoms with E-state index in [1.165, 1.54) is 0 Å². The average molecular weight is 176 g/mol. The third-order valence-electron chi connectivity index (χ3n) is 1.79. The highest BCUT2D eigenvalue weighted by Crippen LogP contribution is 2.20. The third kappa shape index (κ3) is 2.50. The summed E-state index contributed by atoms with van der Waals surface area (Å²) in [4.78, 5) is 0. The summed E-state index contributed by atoms with van der Waals surface area (Å²) in [6.07, 6.45) is 4.83. The minimum atomic E-state index is -0.597. The highest BCUT2D eigenvalue weighted by Gasteiger charge is 2.05. The summed E-state index contributed by atoms with van der Waals surface area (Å²) in [6.45, 7) is 0. The molecule has 0 fully saturated rings. The molecule has 0 aromatic heterocycles. The summed E-state index contributed by atoms with van der Waals surface area (Å²) in [5.41, 5.74) is 0.789. The molecule has 0 radical (unpaired) electrons. The number of methoxy groups -OCH3 is 1. The molecule has 68 valence electrons. The van der Waals surface area contributed by atoms with Crippen molar-refractivity contribution >= 4 is 0 Å². The molecule has 0 bridgehead atoms. The number of benzene rings is 1. The Labute approximate surface area is 78.2 Å². The summed E-state index contributed by atoms with van der Waals surface area (Å²) >= 11 is 0. The van der Waals surface area contributed by atoms with E-state index in [2.05, 4.69) is 5.92 Å². The van der Waals surface area contributed by atoms with Crippen LogP contribution in [0.25, 0.3) is 0 Å². The molecule has 0 aliphatic heterocycles. The minimum absolute atomic E-state index is 0.327. The molecular weight excluding hydrogens is 164 g/mol. The molecule has 0 spiro atoms. The number of ether oxygens (including phenoxy) is 1. The van der Waals surface area contributed by atoms with Crippen LogP contribution in [-0.4, -0.2) is 12.2 Å². The molecule has 2 heteroatoms. The van der Waals surface area contributed by atoms with Gasteiger partial charge in [-0.1, -0.05) is 12.1 Å². The molecule has 0 heterocycles.